The molecule has 4 rings (SSSR count). The Morgan fingerprint density at radius 2 is 1.53 bits per heavy atom. The van der Waals surface area contributed by atoms with Crippen molar-refractivity contribution in [2.24, 2.45) is 0 Å². The molecule has 0 aliphatic heterocycles. The quantitative estimate of drug-likeness (QED) is 0.0785. The highest BCUT2D eigenvalue weighted by Gasteiger charge is 2.30. The van der Waals surface area contributed by atoms with Crippen LogP contribution in [-0.2, 0) is 23.2 Å². The summed E-state index contributed by atoms with van der Waals surface area (Å²) in [5.41, 5.74) is -0.733. The summed E-state index contributed by atoms with van der Waals surface area (Å²) < 4.78 is 114. The van der Waals surface area contributed by atoms with E-state index >= 15 is 0 Å². The largest absolute Gasteiger partial charge is 0.462 e. The third-order valence-corrected chi connectivity index (χ3v) is 6.50. The van der Waals surface area contributed by atoms with Gasteiger partial charge in [-0.1, -0.05) is 23.9 Å². The minimum atomic E-state index is -4.54. The van der Waals surface area contributed by atoms with Gasteiger partial charge in [0.2, 0.25) is 5.82 Å². The predicted molar refractivity (Wildman–Crippen MR) is 122 cm³/mol. The standard InChI is InChI=1S/C25H16F8N2O2S/c1-2-37-23(36)13-5-8-17-16(9-13)34-24(35(17)10-12-3-6-14(7-4-12)25(31,32)33)38-11-15-18(26)20(28)22(30)21(29)19(15)27/h3-9H,2,10-11H2,1H3. The van der Waals surface area contributed by atoms with Gasteiger partial charge in [0.15, 0.2) is 28.4 Å². The minimum Gasteiger partial charge on any atom is -0.462 e. The van der Waals surface area contributed by atoms with Crippen molar-refractivity contribution in [3.63, 3.8) is 0 Å². The van der Waals surface area contributed by atoms with Crippen molar-refractivity contribution in [2.75, 3.05) is 6.61 Å². The number of fused-ring (bicyclic) bond motifs is 1. The van der Waals surface area contributed by atoms with Crippen molar-refractivity contribution in [3.8, 4) is 0 Å². The molecule has 0 atom stereocenters. The van der Waals surface area contributed by atoms with Crippen molar-refractivity contribution in [2.45, 2.75) is 30.6 Å². The molecule has 0 aliphatic carbocycles. The molecule has 4 aromatic rings. The van der Waals surface area contributed by atoms with Crippen LogP contribution < -0.4 is 0 Å². The van der Waals surface area contributed by atoms with Gasteiger partial charge in [-0.05, 0) is 42.8 Å². The predicted octanol–water partition coefficient (Wildman–Crippen LogP) is 7.27. The lowest BCUT2D eigenvalue weighted by Gasteiger charge is -2.12. The SMILES string of the molecule is CCOC(=O)c1ccc2c(c1)nc(SCc1c(F)c(F)c(F)c(F)c1F)n2Cc1ccc(C(F)(F)F)cc1. The zero-order valence-corrected chi connectivity index (χ0v) is 20.1. The molecule has 0 aliphatic rings. The summed E-state index contributed by atoms with van der Waals surface area (Å²) >= 11 is 0.649. The van der Waals surface area contributed by atoms with Gasteiger partial charge in [0.05, 0.1) is 35.3 Å². The van der Waals surface area contributed by atoms with Crippen LogP contribution in [0, 0.1) is 29.1 Å². The molecule has 0 fully saturated rings. The second kappa shape index (κ2) is 10.6. The Kier molecular flexibility index (Phi) is 7.68. The smallest absolute Gasteiger partial charge is 0.416 e. The van der Waals surface area contributed by atoms with E-state index in [9.17, 15) is 39.9 Å². The molecule has 0 saturated carbocycles. The lowest BCUT2D eigenvalue weighted by atomic mass is 10.1. The molecule has 13 heteroatoms. The zero-order valence-electron chi connectivity index (χ0n) is 19.3. The topological polar surface area (TPSA) is 44.1 Å². The zero-order chi connectivity index (χ0) is 27.8. The third kappa shape index (κ3) is 5.33. The Balaban J connectivity index is 1.74. The Bertz CT molecular complexity index is 1490. The monoisotopic (exact) mass is 560 g/mol. The molecule has 0 saturated heterocycles. The van der Waals surface area contributed by atoms with Crippen LogP contribution in [0.15, 0.2) is 47.6 Å². The summed E-state index contributed by atoms with van der Waals surface area (Å²) in [7, 11) is 0. The first-order valence-corrected chi connectivity index (χ1v) is 11.9. The summed E-state index contributed by atoms with van der Waals surface area (Å²) in [5.74, 6) is -11.8. The average molecular weight is 560 g/mol. The number of hydrogen-bond donors (Lipinski definition) is 0. The molecule has 200 valence electrons. The summed E-state index contributed by atoms with van der Waals surface area (Å²) in [6.45, 7) is 1.68. The fourth-order valence-electron chi connectivity index (χ4n) is 3.61. The van der Waals surface area contributed by atoms with Crippen molar-refractivity contribution < 1.29 is 44.7 Å². The molecular weight excluding hydrogens is 544 g/mol. The van der Waals surface area contributed by atoms with E-state index in [1.165, 1.54) is 34.9 Å². The van der Waals surface area contributed by atoms with Crippen LogP contribution in [0.5, 0.6) is 0 Å². The number of thioether (sulfide) groups is 1. The molecule has 0 radical (unpaired) electrons. The van der Waals surface area contributed by atoms with Crippen molar-refractivity contribution in [3.05, 3.63) is 93.8 Å². The Morgan fingerprint density at radius 1 is 0.921 bits per heavy atom. The van der Waals surface area contributed by atoms with Crippen LogP contribution in [0.25, 0.3) is 11.0 Å². The molecular formula is C25H16F8N2O2S. The highest BCUT2D eigenvalue weighted by Crippen LogP contribution is 2.33. The molecule has 38 heavy (non-hydrogen) atoms. The lowest BCUT2D eigenvalue weighted by Crippen LogP contribution is -2.08. The molecule has 0 unspecified atom stereocenters. The molecule has 0 bridgehead atoms. The van der Waals surface area contributed by atoms with Gasteiger partial charge in [-0.25, -0.2) is 31.7 Å². The number of imidazole rings is 1. The second-order valence-corrected chi connectivity index (χ2v) is 8.88. The van der Waals surface area contributed by atoms with E-state index < -0.39 is 58.1 Å². The number of benzene rings is 3. The number of aromatic nitrogens is 2. The van der Waals surface area contributed by atoms with Crippen LogP contribution in [0.1, 0.15) is 34.0 Å². The maximum absolute atomic E-state index is 14.2. The van der Waals surface area contributed by atoms with Gasteiger partial charge >= 0.3 is 12.1 Å². The second-order valence-electron chi connectivity index (χ2n) is 7.94. The molecule has 0 N–H and O–H groups in total. The van der Waals surface area contributed by atoms with E-state index in [4.69, 9.17) is 4.74 Å². The summed E-state index contributed by atoms with van der Waals surface area (Å²) in [4.78, 5) is 16.5. The lowest BCUT2D eigenvalue weighted by molar-refractivity contribution is -0.137. The number of carbonyl (C=O) groups is 1. The molecule has 4 nitrogen and oxygen atoms in total. The third-order valence-electron chi connectivity index (χ3n) is 5.49. The van der Waals surface area contributed by atoms with Crippen molar-refractivity contribution in [1.29, 1.82) is 0 Å². The number of esters is 1. The number of ether oxygens (including phenoxy) is 1. The van der Waals surface area contributed by atoms with E-state index in [1.54, 1.807) is 6.92 Å². The molecule has 1 heterocycles. The summed E-state index contributed by atoms with van der Waals surface area (Å²) in [5, 5.41) is 0.0600. The van der Waals surface area contributed by atoms with Crippen LogP contribution in [0.4, 0.5) is 35.1 Å². The number of halogens is 8. The van der Waals surface area contributed by atoms with E-state index in [0.29, 0.717) is 22.8 Å². The van der Waals surface area contributed by atoms with Gasteiger partial charge in [0, 0.05) is 11.3 Å². The number of nitrogens with zero attached hydrogens (tertiary/aromatic N) is 2. The molecule has 0 amide bonds. The van der Waals surface area contributed by atoms with Gasteiger partial charge in [-0.3, -0.25) is 0 Å². The normalized spacial score (nSPS) is 11.8. The van der Waals surface area contributed by atoms with E-state index in [1.807, 2.05) is 0 Å². The first kappa shape index (κ1) is 27.4. The van der Waals surface area contributed by atoms with Crippen LogP contribution in [0.2, 0.25) is 0 Å². The highest BCUT2D eigenvalue weighted by atomic mass is 32.2. The van der Waals surface area contributed by atoms with E-state index in [2.05, 4.69) is 4.98 Å². The van der Waals surface area contributed by atoms with Gasteiger partial charge < -0.3 is 9.30 Å². The maximum atomic E-state index is 14.2. The number of rotatable bonds is 7. The molecule has 0 spiro atoms. The first-order chi connectivity index (χ1) is 17.9. The van der Waals surface area contributed by atoms with E-state index in [-0.39, 0.29) is 29.4 Å². The molecule has 1 aromatic heterocycles. The van der Waals surface area contributed by atoms with Crippen molar-refractivity contribution in [1.82, 2.24) is 9.55 Å². The Hall–Kier alpha value is -3.61. The van der Waals surface area contributed by atoms with Crippen LogP contribution in [0.3, 0.4) is 0 Å². The van der Waals surface area contributed by atoms with Gasteiger partial charge in [0.25, 0.3) is 0 Å². The van der Waals surface area contributed by atoms with Gasteiger partial charge in [-0.15, -0.1) is 0 Å². The summed E-state index contributed by atoms with van der Waals surface area (Å²) in [6.07, 6.45) is -4.54. The fourth-order valence-corrected chi connectivity index (χ4v) is 4.62. The molecule has 3 aromatic carbocycles. The number of alkyl halides is 3. The average Bonchev–Trinajstić information content (AvgIpc) is 3.22. The van der Waals surface area contributed by atoms with Crippen LogP contribution >= 0.6 is 11.8 Å². The Labute approximate surface area is 214 Å². The summed E-state index contributed by atoms with van der Waals surface area (Å²) in [6, 6.07) is 8.56. The Morgan fingerprint density at radius 3 is 2.11 bits per heavy atom. The minimum absolute atomic E-state index is 0.0488. The van der Waals surface area contributed by atoms with Gasteiger partial charge in [0.1, 0.15) is 0 Å². The number of carbonyl (C=O) groups excluding carboxylic acids is 1. The van der Waals surface area contributed by atoms with Crippen LogP contribution in [-0.4, -0.2) is 22.1 Å². The van der Waals surface area contributed by atoms with Gasteiger partial charge in [-0.2, -0.15) is 13.2 Å². The fraction of sp³-hybridized carbons (Fsp3) is 0.200. The highest BCUT2D eigenvalue weighted by molar-refractivity contribution is 7.98. The maximum Gasteiger partial charge on any atom is 0.416 e. The van der Waals surface area contributed by atoms with Crippen molar-refractivity contribution >= 4 is 28.8 Å². The number of hydrogen-bond acceptors (Lipinski definition) is 4. The first-order valence-electron chi connectivity index (χ1n) is 10.9. The van der Waals surface area contributed by atoms with E-state index in [0.717, 1.165) is 12.1 Å².